The number of aliphatic carboxylic acids is 1. The molecule has 0 bridgehead atoms. The zero-order chi connectivity index (χ0) is 40.2. The number of carboxylic acid groups (broad SMARTS) is 1. The third-order valence-corrected chi connectivity index (χ3v) is 7.83. The van der Waals surface area contributed by atoms with E-state index in [1.165, 1.54) is 6.92 Å². The predicted molar refractivity (Wildman–Crippen MR) is 189 cm³/mol. The van der Waals surface area contributed by atoms with E-state index in [0.29, 0.717) is 5.56 Å². The van der Waals surface area contributed by atoms with Gasteiger partial charge in [-0.15, -0.1) is 0 Å². The fourth-order valence-corrected chi connectivity index (χ4v) is 4.82. The van der Waals surface area contributed by atoms with E-state index in [-0.39, 0.29) is 45.3 Å². The number of benzene rings is 1. The second-order valence-corrected chi connectivity index (χ2v) is 12.2. The average molecular weight is 755 g/mol. The molecular weight excluding hydrogens is 700 g/mol. The van der Waals surface area contributed by atoms with E-state index in [0.717, 1.165) is 6.92 Å². The molecule has 0 fully saturated rings. The minimum Gasteiger partial charge on any atom is -0.480 e. The maximum atomic E-state index is 13.6. The molecule has 0 saturated carbocycles. The average Bonchev–Trinajstić information content (AvgIpc) is 3.10. The van der Waals surface area contributed by atoms with Crippen molar-refractivity contribution in [3.8, 4) is 0 Å². The molecule has 0 aromatic heterocycles. The number of carbonyl (C=O) groups is 7. The van der Waals surface area contributed by atoms with E-state index in [1.54, 1.807) is 30.3 Å². The minimum absolute atomic E-state index is 0.0886. The van der Waals surface area contributed by atoms with E-state index in [1.807, 2.05) is 0 Å². The highest BCUT2D eigenvalue weighted by atomic mass is 16.4. The van der Waals surface area contributed by atoms with Gasteiger partial charge in [-0.1, -0.05) is 30.3 Å². The summed E-state index contributed by atoms with van der Waals surface area (Å²) in [5.41, 5.74) is 23.0. The quantitative estimate of drug-likeness (QED) is 0.0466. The number of nitrogens with two attached hydrogens (primary N) is 4. The molecule has 0 saturated heterocycles. The lowest BCUT2D eigenvalue weighted by atomic mass is 10.0. The first-order valence-electron chi connectivity index (χ1n) is 16.9. The zero-order valence-electron chi connectivity index (χ0n) is 29.7. The van der Waals surface area contributed by atoms with Crippen molar-refractivity contribution < 1.29 is 54.0 Å². The highest BCUT2D eigenvalue weighted by Crippen LogP contribution is 2.07. The van der Waals surface area contributed by atoms with Crippen molar-refractivity contribution in [3.63, 3.8) is 0 Å². The smallest absolute Gasteiger partial charge is 0.328 e. The second kappa shape index (κ2) is 23.7. The van der Waals surface area contributed by atoms with Crippen LogP contribution in [0.15, 0.2) is 30.3 Å². The van der Waals surface area contributed by atoms with Crippen LogP contribution in [0.25, 0.3) is 0 Å². The Balaban J connectivity index is 3.23. The van der Waals surface area contributed by atoms with Crippen molar-refractivity contribution in [3.05, 3.63) is 35.9 Å². The molecule has 21 nitrogen and oxygen atoms in total. The van der Waals surface area contributed by atoms with Crippen LogP contribution in [0.3, 0.4) is 0 Å². The van der Waals surface area contributed by atoms with E-state index >= 15 is 0 Å². The Labute approximate surface area is 306 Å². The number of carbonyl (C=O) groups excluding carboxylic acids is 6. The van der Waals surface area contributed by atoms with Crippen molar-refractivity contribution in [2.75, 3.05) is 26.2 Å². The molecule has 53 heavy (non-hydrogen) atoms. The topological polar surface area (TPSA) is 377 Å². The summed E-state index contributed by atoms with van der Waals surface area (Å²) in [4.78, 5) is 90.2. The molecule has 0 aliphatic carbocycles. The van der Waals surface area contributed by atoms with Crippen LogP contribution in [0, 0.1) is 0 Å². The molecule has 0 spiro atoms. The zero-order valence-corrected chi connectivity index (χ0v) is 29.7. The summed E-state index contributed by atoms with van der Waals surface area (Å²) in [5.74, 6) is -7.19. The van der Waals surface area contributed by atoms with Gasteiger partial charge in [-0.3, -0.25) is 28.8 Å². The number of rotatable bonds is 24. The Bertz CT molecular complexity index is 1370. The Hall–Kier alpha value is -4.77. The van der Waals surface area contributed by atoms with Gasteiger partial charge in [0.1, 0.15) is 30.2 Å². The van der Waals surface area contributed by atoms with Crippen LogP contribution < -0.4 is 54.8 Å². The van der Waals surface area contributed by atoms with Gasteiger partial charge >= 0.3 is 5.97 Å². The second-order valence-electron chi connectivity index (χ2n) is 12.2. The fourth-order valence-electron chi connectivity index (χ4n) is 4.82. The predicted octanol–water partition coefficient (Wildman–Crippen LogP) is -6.65. The van der Waals surface area contributed by atoms with Crippen LogP contribution in [0.4, 0.5) is 0 Å². The van der Waals surface area contributed by atoms with Crippen molar-refractivity contribution in [2.24, 2.45) is 22.9 Å². The fraction of sp³-hybridized carbons (Fsp3) is 0.594. The molecule has 6 amide bonds. The maximum Gasteiger partial charge on any atom is 0.328 e. The van der Waals surface area contributed by atoms with E-state index in [9.17, 15) is 54.0 Å². The van der Waals surface area contributed by atoms with Crippen molar-refractivity contribution in [2.45, 2.75) is 94.0 Å². The summed E-state index contributed by atoms with van der Waals surface area (Å²) in [6.07, 6.45) is -3.42. The van der Waals surface area contributed by atoms with Gasteiger partial charge in [0.15, 0.2) is 6.04 Å². The maximum absolute atomic E-state index is 13.6. The van der Waals surface area contributed by atoms with Crippen LogP contribution in [0.1, 0.15) is 38.7 Å². The van der Waals surface area contributed by atoms with Gasteiger partial charge in [0.05, 0.1) is 24.9 Å². The van der Waals surface area contributed by atoms with Crippen LogP contribution in [-0.4, -0.2) is 143 Å². The number of aliphatic hydroxyl groups is 3. The number of carboxylic acids is 1. The number of hydrogen-bond donors (Lipinski definition) is 14. The van der Waals surface area contributed by atoms with Gasteiger partial charge < -0.3 is 75.3 Å². The molecule has 18 N–H and O–H groups in total. The summed E-state index contributed by atoms with van der Waals surface area (Å²) in [6, 6.07) is -1.84. The Morgan fingerprint density at radius 1 is 0.585 bits per heavy atom. The van der Waals surface area contributed by atoms with Gasteiger partial charge in [0.2, 0.25) is 35.4 Å². The molecule has 298 valence electrons. The Morgan fingerprint density at radius 2 is 1.00 bits per heavy atom. The first kappa shape index (κ1) is 46.3. The van der Waals surface area contributed by atoms with Gasteiger partial charge in [-0.05, 0) is 58.3 Å². The number of hydrogen-bond acceptors (Lipinski definition) is 14. The summed E-state index contributed by atoms with van der Waals surface area (Å²) in [7, 11) is 0. The van der Waals surface area contributed by atoms with Gasteiger partial charge in [0, 0.05) is 6.42 Å². The molecule has 9 atom stereocenters. The molecule has 0 radical (unpaired) electrons. The third kappa shape index (κ3) is 15.8. The molecule has 0 aliphatic rings. The van der Waals surface area contributed by atoms with E-state index < -0.39 is 103 Å². The molecule has 1 aromatic carbocycles. The summed E-state index contributed by atoms with van der Waals surface area (Å²) < 4.78 is 0. The highest BCUT2D eigenvalue weighted by molar-refractivity contribution is 5.97. The molecule has 1 aromatic rings. The van der Waals surface area contributed by atoms with Gasteiger partial charge in [0.25, 0.3) is 0 Å². The minimum atomic E-state index is -1.71. The molecule has 0 aliphatic heterocycles. The summed E-state index contributed by atoms with van der Waals surface area (Å²) in [6.45, 7) is 1.28. The van der Waals surface area contributed by atoms with Crippen molar-refractivity contribution >= 4 is 41.4 Å². The SMILES string of the molecule is C[C@@H](O)[C@H](NC(=O)[C@H](CCN)NC(=O)[C@H](CCN)NC(=O)[C@@H](NC(=O)[C@@H](Cc1ccccc1)NC(=O)[C@H](CO)NC(=O)[C@@H](N)CCN)[C@@H](C)O)C(=O)O. The summed E-state index contributed by atoms with van der Waals surface area (Å²) in [5, 5.41) is 53.3. The number of nitrogens with one attached hydrogen (secondary N) is 6. The molecule has 21 heteroatoms. The molecule has 0 heterocycles. The number of amides is 6. The van der Waals surface area contributed by atoms with E-state index in [4.69, 9.17) is 22.9 Å². The van der Waals surface area contributed by atoms with Crippen LogP contribution in [-0.2, 0) is 40.0 Å². The largest absolute Gasteiger partial charge is 0.480 e. The standard InChI is InChI=1S/C32H54N10O11/c1-16(44)24(31(51)38-20(9-12-34)27(47)37-21(10-13-35)28(48)42-25(17(2)45)32(52)53)41-29(49)22(14-18-6-4-3-5-7-18)39-30(50)23(15-43)40-26(46)19(36)8-11-33/h3-7,16-17,19-25,43-45H,8-15,33-36H2,1-2H3,(H,37,47)(H,38,51)(H,39,50)(H,40,46)(H,41,49)(H,42,48)(H,52,53)/t16-,17-,19+,20+,21+,22-,23+,24+,25+/m1/s1. The summed E-state index contributed by atoms with van der Waals surface area (Å²) >= 11 is 0. The lowest BCUT2D eigenvalue weighted by Gasteiger charge is -2.28. The first-order valence-corrected chi connectivity index (χ1v) is 16.9. The Morgan fingerprint density at radius 3 is 1.47 bits per heavy atom. The normalized spacial score (nSPS) is 16.2. The Kier molecular flexibility index (Phi) is 20.7. The van der Waals surface area contributed by atoms with Crippen LogP contribution >= 0.6 is 0 Å². The molecular formula is C32H54N10O11. The van der Waals surface area contributed by atoms with Gasteiger partial charge in [-0.25, -0.2) is 4.79 Å². The lowest BCUT2D eigenvalue weighted by Crippen LogP contribution is -2.62. The highest BCUT2D eigenvalue weighted by Gasteiger charge is 2.35. The van der Waals surface area contributed by atoms with E-state index in [2.05, 4.69) is 31.9 Å². The molecule has 1 rings (SSSR count). The van der Waals surface area contributed by atoms with Crippen molar-refractivity contribution in [1.82, 2.24) is 31.9 Å². The monoisotopic (exact) mass is 754 g/mol. The van der Waals surface area contributed by atoms with Crippen LogP contribution in [0.2, 0.25) is 0 Å². The third-order valence-electron chi connectivity index (χ3n) is 7.83. The van der Waals surface area contributed by atoms with Gasteiger partial charge in [-0.2, -0.15) is 0 Å². The lowest BCUT2D eigenvalue weighted by molar-refractivity contribution is -0.145. The van der Waals surface area contributed by atoms with Crippen molar-refractivity contribution in [1.29, 1.82) is 0 Å². The first-order chi connectivity index (χ1) is 25.0. The van der Waals surface area contributed by atoms with Crippen LogP contribution in [0.5, 0.6) is 0 Å². The molecule has 0 unspecified atom stereocenters. The number of aliphatic hydroxyl groups excluding tert-OH is 3.